The summed E-state index contributed by atoms with van der Waals surface area (Å²) >= 11 is 0. The maximum absolute atomic E-state index is 10.7. The van der Waals surface area contributed by atoms with Crippen LogP contribution in [0.1, 0.15) is 20.8 Å². The first-order valence-electron chi connectivity index (χ1n) is 3.80. The minimum Gasteiger partial charge on any atom is 0 e. The van der Waals surface area contributed by atoms with Crippen LogP contribution in [0.5, 0.6) is 0 Å². The molecule has 0 atom stereocenters. The second kappa shape index (κ2) is 28.4. The molecule has 0 fully saturated rings. The minimum atomic E-state index is -10.7. The SMILES string of the molecule is CC#N.CC#N.CC#N.F[P-](F)(F)(F)(F)F.[C-]#[O+].[C-]#[O+].[C-]#[O+].[Mn]. The topological polar surface area (TPSA) is 131 Å². The Morgan fingerprint density at radius 3 is 0.609 bits per heavy atom. The van der Waals surface area contributed by atoms with Crippen LogP contribution in [-0.4, -0.2) is 0 Å². The van der Waals surface area contributed by atoms with Crippen LogP contribution in [0.25, 0.3) is 0 Å². The number of rotatable bonds is 0. The summed E-state index contributed by atoms with van der Waals surface area (Å²) in [6.45, 7) is 17.8. The molecule has 0 aliphatic rings. The molecule has 1 radical (unpaired) electrons. The zero-order chi connectivity index (χ0) is 20.5. The van der Waals surface area contributed by atoms with E-state index in [1.165, 1.54) is 20.8 Å². The molecule has 0 spiro atoms. The number of hydrogen-bond donors (Lipinski definition) is 0. The van der Waals surface area contributed by atoms with Crippen LogP contribution in [0.4, 0.5) is 25.2 Å². The monoisotopic (exact) mass is 407 g/mol. The van der Waals surface area contributed by atoms with E-state index in [2.05, 4.69) is 20.0 Å². The van der Waals surface area contributed by atoms with Crippen molar-refractivity contribution < 1.29 is 56.2 Å². The third-order valence-electron chi connectivity index (χ3n) is 0. The third kappa shape index (κ3) is 2120. The van der Waals surface area contributed by atoms with Gasteiger partial charge in [0.05, 0.1) is 18.2 Å². The third-order valence-corrected chi connectivity index (χ3v) is 0. The van der Waals surface area contributed by atoms with E-state index in [4.69, 9.17) is 29.7 Å². The van der Waals surface area contributed by atoms with Gasteiger partial charge in [0.2, 0.25) is 0 Å². The van der Waals surface area contributed by atoms with E-state index >= 15 is 0 Å². The molecule has 14 heteroatoms. The second-order valence-electron chi connectivity index (χ2n) is 1.63. The summed E-state index contributed by atoms with van der Waals surface area (Å²) < 4.78 is 81.7. The Morgan fingerprint density at radius 2 is 0.609 bits per heavy atom. The molecule has 0 saturated heterocycles. The van der Waals surface area contributed by atoms with Gasteiger partial charge >= 0.3 is 66.9 Å². The van der Waals surface area contributed by atoms with Gasteiger partial charge in [-0.1, -0.05) is 0 Å². The van der Waals surface area contributed by atoms with Crippen LogP contribution in [0.2, 0.25) is 0 Å². The standard InChI is InChI=1S/3C2H3N.3CO.F6P.Mn/c3*1-2-3;3*1-2;1-7(2,3,4,5)6;/h3*1H3;;;;;/q;;;;;;-1;. The summed E-state index contributed by atoms with van der Waals surface area (Å²) in [5.41, 5.74) is 0. The summed E-state index contributed by atoms with van der Waals surface area (Å²) in [5.74, 6) is 0. The van der Waals surface area contributed by atoms with Crippen molar-refractivity contribution in [2.24, 2.45) is 0 Å². The van der Waals surface area contributed by atoms with Gasteiger partial charge in [0.15, 0.2) is 0 Å². The van der Waals surface area contributed by atoms with Crippen molar-refractivity contribution >= 4 is 7.81 Å². The van der Waals surface area contributed by atoms with Crippen molar-refractivity contribution in [1.29, 1.82) is 15.8 Å². The summed E-state index contributed by atoms with van der Waals surface area (Å²) in [4.78, 5) is 0. The van der Waals surface area contributed by atoms with E-state index in [1.54, 1.807) is 18.2 Å². The zero-order valence-corrected chi connectivity index (χ0v) is 13.7. The van der Waals surface area contributed by atoms with Crippen molar-refractivity contribution in [1.82, 2.24) is 0 Å². The summed E-state index contributed by atoms with van der Waals surface area (Å²) in [5, 5.41) is 22.0. The molecule has 0 N–H and O–H groups in total. The maximum atomic E-state index is 9.87. The largest absolute Gasteiger partial charge is 0 e. The Bertz CT molecular complexity index is 359. The van der Waals surface area contributed by atoms with Gasteiger partial charge in [-0.3, -0.25) is 0 Å². The summed E-state index contributed by atoms with van der Waals surface area (Å²) in [6.07, 6.45) is 0. The van der Waals surface area contributed by atoms with Crippen molar-refractivity contribution in [3.05, 3.63) is 20.0 Å². The molecule has 0 rings (SSSR count). The Kier molecular flexibility index (Phi) is 61.3. The summed E-state index contributed by atoms with van der Waals surface area (Å²) in [6, 6.07) is 5.25. The molecule has 0 aromatic rings. The number of nitrogens with zero attached hydrogens (tertiary/aromatic N) is 3. The normalized spacial score (nSPS) is 8.35. The van der Waals surface area contributed by atoms with Crippen LogP contribution in [0.15, 0.2) is 0 Å². The molecular weight excluding hydrogens is 398 g/mol. The van der Waals surface area contributed by atoms with Gasteiger partial charge in [-0.2, -0.15) is 15.8 Å². The fourth-order valence-corrected chi connectivity index (χ4v) is 0. The predicted octanol–water partition coefficient (Wildman–Crippen LogP) is 4.86. The average molecular weight is 407 g/mol. The Balaban J connectivity index is -0.0000000204. The van der Waals surface area contributed by atoms with E-state index in [0.717, 1.165) is 0 Å². The molecule has 0 unspecified atom stereocenters. The first-order chi connectivity index (χ1) is 9.69. The van der Waals surface area contributed by atoms with E-state index in [-0.39, 0.29) is 17.1 Å². The Hall–Kier alpha value is -1.78. The first-order valence-corrected chi connectivity index (χ1v) is 5.83. The molecule has 0 aromatic heterocycles. The van der Waals surface area contributed by atoms with Crippen molar-refractivity contribution in [2.45, 2.75) is 20.8 Å². The molecule has 0 aliphatic heterocycles. The van der Waals surface area contributed by atoms with Gasteiger partial charge in [0.25, 0.3) is 0 Å². The van der Waals surface area contributed by atoms with Crippen LogP contribution in [0.3, 0.4) is 0 Å². The molecule has 23 heavy (non-hydrogen) atoms. The van der Waals surface area contributed by atoms with Crippen molar-refractivity contribution in [2.75, 3.05) is 0 Å². The quantitative estimate of drug-likeness (QED) is 0.187. The van der Waals surface area contributed by atoms with Gasteiger partial charge in [0, 0.05) is 37.8 Å². The molecule has 0 heterocycles. The van der Waals surface area contributed by atoms with E-state index in [9.17, 15) is 25.2 Å². The van der Waals surface area contributed by atoms with Crippen LogP contribution >= 0.6 is 7.81 Å². The van der Waals surface area contributed by atoms with Gasteiger partial charge < -0.3 is 0 Å². The van der Waals surface area contributed by atoms with E-state index in [0.29, 0.717) is 0 Å². The van der Waals surface area contributed by atoms with Crippen LogP contribution in [0, 0.1) is 53.9 Å². The van der Waals surface area contributed by atoms with Crippen LogP contribution < -0.4 is 0 Å². The van der Waals surface area contributed by atoms with Gasteiger partial charge in [-0.25, -0.2) is 0 Å². The molecule has 0 aliphatic carbocycles. The minimum absolute atomic E-state index is 0. The molecule has 0 saturated carbocycles. The van der Waals surface area contributed by atoms with Gasteiger partial charge in [0.1, 0.15) is 0 Å². The first kappa shape index (κ1) is 49.6. The molecule has 133 valence electrons. The Morgan fingerprint density at radius 1 is 0.609 bits per heavy atom. The van der Waals surface area contributed by atoms with E-state index < -0.39 is 7.81 Å². The van der Waals surface area contributed by atoms with Crippen molar-refractivity contribution in [3.63, 3.8) is 0 Å². The zero-order valence-electron chi connectivity index (χ0n) is 11.7. The number of halogens is 6. The van der Waals surface area contributed by atoms with Crippen molar-refractivity contribution in [3.8, 4) is 18.2 Å². The fourth-order valence-electron chi connectivity index (χ4n) is 0. The van der Waals surface area contributed by atoms with Crippen LogP contribution in [-0.2, 0) is 31.0 Å². The van der Waals surface area contributed by atoms with E-state index in [1.807, 2.05) is 0 Å². The number of hydrogen-bond acceptors (Lipinski definition) is 3. The predicted molar refractivity (Wildman–Crippen MR) is 59.2 cm³/mol. The average Bonchev–Trinajstić information content (AvgIpc) is 2.35. The summed E-state index contributed by atoms with van der Waals surface area (Å²) in [7, 11) is -10.7. The molecule has 0 bridgehead atoms. The smallest absolute Gasteiger partial charge is 0 e. The van der Waals surface area contributed by atoms with Gasteiger partial charge in [-0.05, 0) is 0 Å². The number of nitriles is 3. The van der Waals surface area contributed by atoms with Gasteiger partial charge in [-0.15, -0.1) is 0 Å². The fraction of sp³-hybridized carbons (Fsp3) is 0.333. The molecule has 6 nitrogen and oxygen atoms in total. The molecule has 0 aromatic carbocycles. The molecule has 0 amide bonds. The maximum Gasteiger partial charge on any atom is 0 e. The Labute approximate surface area is 139 Å². The second-order valence-corrected chi connectivity index (χ2v) is 3.55. The molecular formula is C9H9F6MnN3O3P-.